The molecular formula is C22H18N4O7. The number of carbonyl (C=O) groups excluding carboxylic acids is 1. The summed E-state index contributed by atoms with van der Waals surface area (Å²) in [7, 11) is 1.49. The number of nitro benzene ring substituents is 2. The third-order valence-corrected chi connectivity index (χ3v) is 4.41. The fraction of sp³-hybridized carbons (Fsp3) is 0.0909. The van der Waals surface area contributed by atoms with E-state index in [9.17, 15) is 25.0 Å². The predicted octanol–water partition coefficient (Wildman–Crippen LogP) is 3.85. The number of hydrazone groups is 1. The van der Waals surface area contributed by atoms with Gasteiger partial charge >= 0.3 is 0 Å². The molecule has 1 N–H and O–H groups in total. The van der Waals surface area contributed by atoms with Crippen LogP contribution in [-0.2, 0) is 6.61 Å². The van der Waals surface area contributed by atoms with Gasteiger partial charge in [0, 0.05) is 17.7 Å². The summed E-state index contributed by atoms with van der Waals surface area (Å²) in [5, 5.41) is 25.9. The van der Waals surface area contributed by atoms with E-state index in [0.29, 0.717) is 17.1 Å². The number of ether oxygens (including phenoxy) is 2. The molecule has 11 nitrogen and oxygen atoms in total. The quantitative estimate of drug-likeness (QED) is 0.296. The van der Waals surface area contributed by atoms with Crippen molar-refractivity contribution in [2.75, 3.05) is 7.11 Å². The van der Waals surface area contributed by atoms with Crippen LogP contribution in [-0.4, -0.2) is 29.1 Å². The molecule has 0 aromatic heterocycles. The van der Waals surface area contributed by atoms with Crippen LogP contribution in [0.5, 0.6) is 11.5 Å². The minimum absolute atomic E-state index is 0.270. The van der Waals surface area contributed by atoms with Gasteiger partial charge in [-0.2, -0.15) is 5.10 Å². The van der Waals surface area contributed by atoms with Gasteiger partial charge in [-0.25, -0.2) is 5.43 Å². The molecule has 3 aromatic carbocycles. The van der Waals surface area contributed by atoms with Gasteiger partial charge in [-0.05, 0) is 17.7 Å². The van der Waals surface area contributed by atoms with Crippen LogP contribution < -0.4 is 14.9 Å². The molecule has 0 radical (unpaired) electrons. The minimum Gasteiger partial charge on any atom is -0.493 e. The first-order valence-electron chi connectivity index (χ1n) is 9.50. The van der Waals surface area contributed by atoms with E-state index in [0.717, 1.165) is 23.8 Å². The van der Waals surface area contributed by atoms with Crippen molar-refractivity contribution in [2.45, 2.75) is 6.61 Å². The van der Waals surface area contributed by atoms with Gasteiger partial charge in [-0.1, -0.05) is 36.4 Å². The van der Waals surface area contributed by atoms with E-state index in [1.165, 1.54) is 13.3 Å². The van der Waals surface area contributed by atoms with Crippen molar-refractivity contribution in [2.24, 2.45) is 5.10 Å². The molecule has 0 bridgehead atoms. The molecule has 33 heavy (non-hydrogen) atoms. The van der Waals surface area contributed by atoms with Crippen molar-refractivity contribution >= 4 is 23.5 Å². The van der Waals surface area contributed by atoms with E-state index in [1.807, 2.05) is 30.3 Å². The number of para-hydroxylation sites is 1. The zero-order valence-corrected chi connectivity index (χ0v) is 17.3. The Hall–Kier alpha value is -4.80. The fourth-order valence-corrected chi connectivity index (χ4v) is 2.84. The van der Waals surface area contributed by atoms with Crippen LogP contribution in [0, 0.1) is 20.2 Å². The molecule has 0 aliphatic rings. The molecular weight excluding hydrogens is 432 g/mol. The molecule has 0 heterocycles. The lowest BCUT2D eigenvalue weighted by atomic mass is 10.1. The summed E-state index contributed by atoms with van der Waals surface area (Å²) >= 11 is 0. The first-order chi connectivity index (χ1) is 15.9. The Morgan fingerprint density at radius 1 is 1.00 bits per heavy atom. The SMILES string of the molecule is COc1cccc(/C=N/NC(=O)c2cc([N+](=O)[O-])cc([N+](=O)[O-])c2)c1OCc1ccccc1. The highest BCUT2D eigenvalue weighted by Crippen LogP contribution is 2.31. The van der Waals surface area contributed by atoms with Gasteiger partial charge < -0.3 is 9.47 Å². The average molecular weight is 450 g/mol. The number of benzene rings is 3. The number of amides is 1. The van der Waals surface area contributed by atoms with E-state index in [-0.39, 0.29) is 12.2 Å². The second kappa shape index (κ2) is 10.5. The number of nitrogens with one attached hydrogen (secondary N) is 1. The van der Waals surface area contributed by atoms with Gasteiger partial charge in [-0.3, -0.25) is 25.0 Å². The van der Waals surface area contributed by atoms with Crippen LogP contribution in [0.3, 0.4) is 0 Å². The van der Waals surface area contributed by atoms with Gasteiger partial charge in [0.1, 0.15) is 6.61 Å². The van der Waals surface area contributed by atoms with Gasteiger partial charge in [0.25, 0.3) is 17.3 Å². The van der Waals surface area contributed by atoms with E-state index in [4.69, 9.17) is 9.47 Å². The standard InChI is InChI=1S/C22H18N4O7/c1-32-20-9-5-8-16(21(20)33-14-15-6-3-2-4-7-15)13-23-24-22(27)17-10-18(25(28)29)12-19(11-17)26(30)31/h2-13H,14H2,1H3,(H,24,27)/b23-13+. The molecule has 0 saturated heterocycles. The van der Waals surface area contributed by atoms with E-state index in [1.54, 1.807) is 18.2 Å². The van der Waals surface area contributed by atoms with Crippen LogP contribution in [0.25, 0.3) is 0 Å². The summed E-state index contributed by atoms with van der Waals surface area (Å²) in [5.41, 5.74) is 2.20. The Bertz CT molecular complexity index is 1180. The summed E-state index contributed by atoms with van der Waals surface area (Å²) in [6.07, 6.45) is 1.31. The Balaban J connectivity index is 1.79. The second-order valence-electron chi connectivity index (χ2n) is 6.60. The van der Waals surface area contributed by atoms with Crippen molar-refractivity contribution in [1.29, 1.82) is 0 Å². The van der Waals surface area contributed by atoms with Gasteiger partial charge in [0.2, 0.25) is 0 Å². The van der Waals surface area contributed by atoms with E-state index >= 15 is 0 Å². The van der Waals surface area contributed by atoms with E-state index in [2.05, 4.69) is 10.5 Å². The molecule has 0 saturated carbocycles. The number of non-ortho nitro benzene ring substituents is 2. The van der Waals surface area contributed by atoms with Crippen molar-refractivity contribution in [3.8, 4) is 11.5 Å². The van der Waals surface area contributed by atoms with Crippen molar-refractivity contribution in [1.82, 2.24) is 5.43 Å². The van der Waals surface area contributed by atoms with Crippen molar-refractivity contribution in [3.05, 3.63) is 104 Å². The first kappa shape index (κ1) is 22.9. The van der Waals surface area contributed by atoms with Gasteiger partial charge in [0.15, 0.2) is 11.5 Å². The smallest absolute Gasteiger partial charge is 0.277 e. The predicted molar refractivity (Wildman–Crippen MR) is 119 cm³/mol. The lowest BCUT2D eigenvalue weighted by Crippen LogP contribution is -2.18. The van der Waals surface area contributed by atoms with Crippen LogP contribution >= 0.6 is 0 Å². The van der Waals surface area contributed by atoms with Gasteiger partial charge in [-0.15, -0.1) is 0 Å². The summed E-state index contributed by atoms with van der Waals surface area (Å²) in [6.45, 7) is 0.270. The van der Waals surface area contributed by atoms with Gasteiger partial charge in [0.05, 0.1) is 34.8 Å². The highest BCUT2D eigenvalue weighted by molar-refractivity contribution is 5.96. The molecule has 0 aliphatic heterocycles. The molecule has 1 amide bonds. The third kappa shape index (κ3) is 5.88. The fourth-order valence-electron chi connectivity index (χ4n) is 2.84. The molecule has 0 spiro atoms. The molecule has 3 aromatic rings. The molecule has 168 valence electrons. The summed E-state index contributed by atoms with van der Waals surface area (Å²) in [5.74, 6) is -0.00365. The maximum Gasteiger partial charge on any atom is 0.277 e. The van der Waals surface area contributed by atoms with Crippen LogP contribution in [0.15, 0.2) is 71.8 Å². The third-order valence-electron chi connectivity index (χ3n) is 4.41. The minimum atomic E-state index is -0.854. The highest BCUT2D eigenvalue weighted by Gasteiger charge is 2.19. The Morgan fingerprint density at radius 2 is 1.67 bits per heavy atom. The molecule has 0 atom stereocenters. The Kier molecular flexibility index (Phi) is 7.27. The van der Waals surface area contributed by atoms with Crippen LogP contribution in [0.4, 0.5) is 11.4 Å². The molecule has 0 unspecified atom stereocenters. The van der Waals surface area contributed by atoms with Crippen LogP contribution in [0.2, 0.25) is 0 Å². The maximum atomic E-state index is 12.4. The number of rotatable bonds is 9. The average Bonchev–Trinajstić information content (AvgIpc) is 2.83. The Labute approximate surface area is 187 Å². The number of nitrogens with zero attached hydrogens (tertiary/aromatic N) is 3. The lowest BCUT2D eigenvalue weighted by Gasteiger charge is -2.13. The largest absolute Gasteiger partial charge is 0.493 e. The molecule has 0 fully saturated rings. The van der Waals surface area contributed by atoms with Crippen LogP contribution in [0.1, 0.15) is 21.5 Å². The normalized spacial score (nSPS) is 10.6. The number of carbonyl (C=O) groups is 1. The maximum absolute atomic E-state index is 12.4. The summed E-state index contributed by atoms with van der Waals surface area (Å²) in [4.78, 5) is 32.8. The van der Waals surface area contributed by atoms with Crippen molar-refractivity contribution in [3.63, 3.8) is 0 Å². The number of methoxy groups -OCH3 is 1. The number of hydrogen-bond acceptors (Lipinski definition) is 8. The zero-order valence-electron chi connectivity index (χ0n) is 17.3. The lowest BCUT2D eigenvalue weighted by molar-refractivity contribution is -0.394. The molecule has 3 rings (SSSR count). The zero-order chi connectivity index (χ0) is 23.8. The summed E-state index contributed by atoms with van der Waals surface area (Å²) in [6, 6.07) is 17.2. The highest BCUT2D eigenvalue weighted by atomic mass is 16.6. The molecule has 11 heteroatoms. The molecule has 0 aliphatic carbocycles. The first-order valence-corrected chi connectivity index (χ1v) is 9.50. The second-order valence-corrected chi connectivity index (χ2v) is 6.60. The summed E-state index contributed by atoms with van der Waals surface area (Å²) < 4.78 is 11.2. The Morgan fingerprint density at radius 3 is 2.27 bits per heavy atom. The van der Waals surface area contributed by atoms with E-state index < -0.39 is 27.1 Å². The number of hydrogen-bond donors (Lipinski definition) is 1. The van der Waals surface area contributed by atoms with Crippen molar-refractivity contribution < 1.29 is 24.1 Å². The number of nitro groups is 2. The topological polar surface area (TPSA) is 146 Å². The monoisotopic (exact) mass is 450 g/mol.